The Morgan fingerprint density at radius 1 is 1.29 bits per heavy atom. The zero-order valence-electron chi connectivity index (χ0n) is 13.5. The highest BCUT2D eigenvalue weighted by Crippen LogP contribution is 2.29. The average molecular weight is 354 g/mol. The van der Waals surface area contributed by atoms with E-state index in [1.165, 1.54) is 22.1 Å². The summed E-state index contributed by atoms with van der Waals surface area (Å²) in [5, 5.41) is 3.45. The number of likely N-dealkylation sites (N-methyl/N-ethyl adjacent to an activating group) is 1. The summed E-state index contributed by atoms with van der Waals surface area (Å²) in [7, 11) is 0. The molecule has 0 bridgehead atoms. The maximum absolute atomic E-state index is 3.63. The molecule has 3 nitrogen and oxygen atoms in total. The number of nitrogens with one attached hydrogen (secondary N) is 1. The third kappa shape index (κ3) is 4.21. The van der Waals surface area contributed by atoms with E-state index in [9.17, 15) is 0 Å². The molecule has 2 rings (SSSR count). The average Bonchev–Trinajstić information content (AvgIpc) is 2.97. The van der Waals surface area contributed by atoms with Gasteiger partial charge in [-0.2, -0.15) is 0 Å². The van der Waals surface area contributed by atoms with Gasteiger partial charge in [0, 0.05) is 35.8 Å². The first-order valence-corrected chi connectivity index (χ1v) is 8.97. The summed E-state index contributed by atoms with van der Waals surface area (Å²) in [6, 6.07) is 7.36. The van der Waals surface area contributed by atoms with Gasteiger partial charge in [-0.3, -0.25) is 4.90 Å². The quantitative estimate of drug-likeness (QED) is 0.809. The Balaban J connectivity index is 2.12. The van der Waals surface area contributed by atoms with E-state index in [2.05, 4.69) is 70.0 Å². The molecule has 1 saturated heterocycles. The molecule has 21 heavy (non-hydrogen) atoms. The van der Waals surface area contributed by atoms with Crippen LogP contribution in [0.1, 0.15) is 32.8 Å². The Hall–Kier alpha value is -0.580. The summed E-state index contributed by atoms with van der Waals surface area (Å²) in [5.41, 5.74) is 2.79. The van der Waals surface area contributed by atoms with Crippen molar-refractivity contribution in [2.45, 2.75) is 39.8 Å². The van der Waals surface area contributed by atoms with Crippen molar-refractivity contribution in [3.63, 3.8) is 0 Å². The lowest BCUT2D eigenvalue weighted by molar-refractivity contribution is 0.232. The van der Waals surface area contributed by atoms with Crippen molar-refractivity contribution in [2.24, 2.45) is 0 Å². The van der Waals surface area contributed by atoms with Crippen molar-refractivity contribution < 1.29 is 0 Å². The van der Waals surface area contributed by atoms with Crippen LogP contribution in [0, 0.1) is 0 Å². The zero-order valence-corrected chi connectivity index (χ0v) is 15.1. The van der Waals surface area contributed by atoms with Crippen LogP contribution < -0.4 is 10.2 Å². The Kier molecular flexibility index (Phi) is 6.52. The summed E-state index contributed by atoms with van der Waals surface area (Å²) < 4.78 is 1.17. The summed E-state index contributed by atoms with van der Waals surface area (Å²) in [6.45, 7) is 13.3. The van der Waals surface area contributed by atoms with Crippen LogP contribution in [0.15, 0.2) is 22.7 Å². The van der Waals surface area contributed by atoms with Gasteiger partial charge in [0.15, 0.2) is 0 Å². The van der Waals surface area contributed by atoms with E-state index >= 15 is 0 Å². The SMILES string of the molecule is CCNCc1ccc(Br)cc1N1CCC(N(CC)CC)C1. The number of hydrogen-bond acceptors (Lipinski definition) is 3. The molecule has 0 aliphatic carbocycles. The van der Waals surface area contributed by atoms with Gasteiger partial charge in [-0.05, 0) is 43.8 Å². The maximum Gasteiger partial charge on any atom is 0.0423 e. The van der Waals surface area contributed by atoms with E-state index in [1.807, 2.05) is 0 Å². The second-order valence-electron chi connectivity index (χ2n) is 5.66. The van der Waals surface area contributed by atoms with E-state index in [-0.39, 0.29) is 0 Å². The first kappa shape index (κ1) is 16.8. The van der Waals surface area contributed by atoms with Crippen molar-refractivity contribution in [3.05, 3.63) is 28.2 Å². The van der Waals surface area contributed by atoms with Gasteiger partial charge in [-0.15, -0.1) is 0 Å². The molecule has 1 unspecified atom stereocenters. The van der Waals surface area contributed by atoms with Gasteiger partial charge in [0.2, 0.25) is 0 Å². The number of nitrogens with zero attached hydrogens (tertiary/aromatic N) is 2. The van der Waals surface area contributed by atoms with Crippen LogP contribution in [0.5, 0.6) is 0 Å². The van der Waals surface area contributed by atoms with E-state index in [0.717, 1.165) is 39.3 Å². The molecule has 1 aromatic carbocycles. The predicted octanol–water partition coefficient (Wildman–Crippen LogP) is 3.48. The van der Waals surface area contributed by atoms with Crippen LogP contribution in [-0.2, 0) is 6.54 Å². The van der Waals surface area contributed by atoms with Crippen molar-refractivity contribution in [1.82, 2.24) is 10.2 Å². The van der Waals surface area contributed by atoms with E-state index in [4.69, 9.17) is 0 Å². The Morgan fingerprint density at radius 3 is 2.71 bits per heavy atom. The van der Waals surface area contributed by atoms with Gasteiger partial charge in [0.1, 0.15) is 0 Å². The third-order valence-electron chi connectivity index (χ3n) is 4.45. The normalized spacial score (nSPS) is 18.7. The third-order valence-corrected chi connectivity index (χ3v) is 4.94. The molecule has 4 heteroatoms. The van der Waals surface area contributed by atoms with Gasteiger partial charge in [0.25, 0.3) is 0 Å². The lowest BCUT2D eigenvalue weighted by Gasteiger charge is -2.27. The second-order valence-corrected chi connectivity index (χ2v) is 6.58. The number of benzene rings is 1. The summed E-state index contributed by atoms with van der Waals surface area (Å²) >= 11 is 3.63. The second kappa shape index (κ2) is 8.16. The molecule has 1 atom stereocenters. The van der Waals surface area contributed by atoms with Crippen LogP contribution in [0.25, 0.3) is 0 Å². The fraction of sp³-hybridized carbons (Fsp3) is 0.647. The fourth-order valence-corrected chi connectivity index (χ4v) is 3.59. The van der Waals surface area contributed by atoms with Gasteiger partial charge in [0.05, 0.1) is 0 Å². The van der Waals surface area contributed by atoms with Crippen LogP contribution in [-0.4, -0.2) is 43.7 Å². The highest BCUT2D eigenvalue weighted by Gasteiger charge is 2.27. The fourth-order valence-electron chi connectivity index (χ4n) is 3.24. The largest absolute Gasteiger partial charge is 0.370 e. The Morgan fingerprint density at radius 2 is 2.05 bits per heavy atom. The smallest absolute Gasteiger partial charge is 0.0423 e. The first-order chi connectivity index (χ1) is 10.2. The molecule has 1 N–H and O–H groups in total. The molecule has 1 fully saturated rings. The highest BCUT2D eigenvalue weighted by atomic mass is 79.9. The van der Waals surface area contributed by atoms with Crippen LogP contribution in [0.4, 0.5) is 5.69 Å². The molecule has 118 valence electrons. The summed E-state index contributed by atoms with van der Waals surface area (Å²) in [5.74, 6) is 0. The van der Waals surface area contributed by atoms with Crippen molar-refractivity contribution >= 4 is 21.6 Å². The predicted molar refractivity (Wildman–Crippen MR) is 95.1 cm³/mol. The van der Waals surface area contributed by atoms with Crippen molar-refractivity contribution in [3.8, 4) is 0 Å². The molecule has 0 spiro atoms. The topological polar surface area (TPSA) is 18.5 Å². The Labute approximate surface area is 137 Å². The number of rotatable bonds is 7. The highest BCUT2D eigenvalue weighted by molar-refractivity contribution is 9.10. The van der Waals surface area contributed by atoms with Gasteiger partial charge >= 0.3 is 0 Å². The minimum Gasteiger partial charge on any atom is -0.370 e. The molecule has 0 saturated carbocycles. The van der Waals surface area contributed by atoms with Gasteiger partial charge in [-0.25, -0.2) is 0 Å². The zero-order chi connectivity index (χ0) is 15.2. The first-order valence-electron chi connectivity index (χ1n) is 8.17. The van der Waals surface area contributed by atoms with Crippen LogP contribution in [0.2, 0.25) is 0 Å². The Bertz CT molecular complexity index is 446. The van der Waals surface area contributed by atoms with Gasteiger partial charge in [-0.1, -0.05) is 42.8 Å². The molecule has 1 aromatic rings. The summed E-state index contributed by atoms with van der Waals surface area (Å²) in [4.78, 5) is 5.14. The summed E-state index contributed by atoms with van der Waals surface area (Å²) in [6.07, 6.45) is 1.27. The molecule has 1 heterocycles. The molecule has 0 radical (unpaired) electrons. The standard InChI is InChI=1S/C17H28BrN3/c1-4-19-12-14-7-8-15(18)11-17(14)21-10-9-16(13-21)20(5-2)6-3/h7-8,11,16,19H,4-6,9-10,12-13H2,1-3H3. The number of halogens is 1. The molecular weight excluding hydrogens is 326 g/mol. The van der Waals surface area contributed by atoms with Crippen molar-refractivity contribution in [2.75, 3.05) is 37.6 Å². The molecule has 1 aliphatic heterocycles. The molecule has 0 amide bonds. The lowest BCUT2D eigenvalue weighted by Crippen LogP contribution is -2.37. The minimum atomic E-state index is 0.700. The number of hydrogen-bond donors (Lipinski definition) is 1. The lowest BCUT2D eigenvalue weighted by atomic mass is 10.1. The molecular formula is C17H28BrN3. The molecule has 0 aromatic heterocycles. The van der Waals surface area contributed by atoms with Crippen LogP contribution in [0.3, 0.4) is 0 Å². The van der Waals surface area contributed by atoms with E-state index in [0.29, 0.717) is 6.04 Å². The van der Waals surface area contributed by atoms with E-state index < -0.39 is 0 Å². The maximum atomic E-state index is 3.63. The monoisotopic (exact) mass is 353 g/mol. The van der Waals surface area contributed by atoms with Crippen molar-refractivity contribution in [1.29, 1.82) is 0 Å². The van der Waals surface area contributed by atoms with E-state index in [1.54, 1.807) is 0 Å². The van der Waals surface area contributed by atoms with Crippen LogP contribution >= 0.6 is 15.9 Å². The number of anilines is 1. The minimum absolute atomic E-state index is 0.700. The van der Waals surface area contributed by atoms with Gasteiger partial charge < -0.3 is 10.2 Å². The molecule has 1 aliphatic rings.